The number of hydrogen-bond acceptors (Lipinski definition) is 2. The molecule has 1 saturated carbocycles. The smallest absolute Gasteiger partial charge is 0.0250 e. The Bertz CT molecular complexity index is 237. The van der Waals surface area contributed by atoms with Crippen LogP contribution >= 0.6 is 0 Å². The minimum atomic E-state index is 0.746. The summed E-state index contributed by atoms with van der Waals surface area (Å²) in [6, 6.07) is 2.43. The van der Waals surface area contributed by atoms with E-state index < -0.39 is 0 Å². The first-order valence-corrected chi connectivity index (χ1v) is 7.33. The van der Waals surface area contributed by atoms with Crippen LogP contribution in [0.2, 0.25) is 0 Å². The first-order chi connectivity index (χ1) is 7.83. The van der Waals surface area contributed by atoms with Crippen LogP contribution in [-0.4, -0.2) is 36.1 Å². The Labute approximate surface area is 99.8 Å². The standard InChI is InChI=1S/C14H26N2/c1-11(10-12-4-2-5-12)15-13-7-9-16-8-3-6-14(13)16/h11-15H,2-10H2,1H3. The summed E-state index contributed by atoms with van der Waals surface area (Å²) in [4.78, 5) is 2.70. The van der Waals surface area contributed by atoms with E-state index in [-0.39, 0.29) is 0 Å². The first kappa shape index (κ1) is 11.0. The van der Waals surface area contributed by atoms with Crippen LogP contribution in [0.1, 0.15) is 51.9 Å². The summed E-state index contributed by atoms with van der Waals surface area (Å²) in [6.45, 7) is 5.11. The molecule has 0 bridgehead atoms. The third kappa shape index (κ3) is 2.14. The average Bonchev–Trinajstić information content (AvgIpc) is 2.76. The van der Waals surface area contributed by atoms with Gasteiger partial charge in [-0.1, -0.05) is 19.3 Å². The van der Waals surface area contributed by atoms with Crippen molar-refractivity contribution in [2.24, 2.45) is 5.92 Å². The molecule has 0 spiro atoms. The van der Waals surface area contributed by atoms with Gasteiger partial charge in [0.25, 0.3) is 0 Å². The second-order valence-corrected chi connectivity index (χ2v) is 6.24. The summed E-state index contributed by atoms with van der Waals surface area (Å²) in [6.07, 6.45) is 10.1. The molecule has 3 rings (SSSR count). The fourth-order valence-corrected chi connectivity index (χ4v) is 3.94. The van der Waals surface area contributed by atoms with Crippen LogP contribution in [-0.2, 0) is 0 Å². The van der Waals surface area contributed by atoms with E-state index in [1.807, 2.05) is 0 Å². The zero-order chi connectivity index (χ0) is 11.0. The van der Waals surface area contributed by atoms with Crippen molar-refractivity contribution in [2.75, 3.05) is 13.1 Å². The lowest BCUT2D eigenvalue weighted by atomic mass is 9.81. The minimum absolute atomic E-state index is 0.746. The quantitative estimate of drug-likeness (QED) is 0.786. The molecule has 1 N–H and O–H groups in total. The molecular weight excluding hydrogens is 196 g/mol. The van der Waals surface area contributed by atoms with Gasteiger partial charge in [-0.25, -0.2) is 0 Å². The van der Waals surface area contributed by atoms with Crippen LogP contribution in [0.25, 0.3) is 0 Å². The summed E-state index contributed by atoms with van der Waals surface area (Å²) in [5.74, 6) is 1.04. The van der Waals surface area contributed by atoms with E-state index in [1.54, 1.807) is 0 Å². The maximum absolute atomic E-state index is 3.91. The van der Waals surface area contributed by atoms with Crippen molar-refractivity contribution < 1.29 is 0 Å². The zero-order valence-electron chi connectivity index (χ0n) is 10.6. The first-order valence-electron chi connectivity index (χ1n) is 7.33. The summed E-state index contributed by atoms with van der Waals surface area (Å²) >= 11 is 0. The largest absolute Gasteiger partial charge is 0.310 e. The maximum Gasteiger partial charge on any atom is 0.0250 e. The van der Waals surface area contributed by atoms with Crippen LogP contribution in [0, 0.1) is 5.92 Å². The Balaban J connectivity index is 1.46. The molecule has 0 aromatic carbocycles. The fourth-order valence-electron chi connectivity index (χ4n) is 3.94. The van der Waals surface area contributed by atoms with Gasteiger partial charge in [-0.2, -0.15) is 0 Å². The van der Waals surface area contributed by atoms with Gasteiger partial charge < -0.3 is 5.32 Å². The van der Waals surface area contributed by atoms with E-state index in [0.29, 0.717) is 0 Å². The molecule has 3 atom stereocenters. The molecule has 0 amide bonds. The van der Waals surface area contributed by atoms with Gasteiger partial charge in [-0.05, 0) is 45.1 Å². The van der Waals surface area contributed by atoms with Crippen LogP contribution < -0.4 is 5.32 Å². The van der Waals surface area contributed by atoms with E-state index in [0.717, 1.165) is 24.0 Å². The SMILES string of the molecule is CC(CC1CCC1)NC1CCN2CCCC12. The van der Waals surface area contributed by atoms with Gasteiger partial charge in [0, 0.05) is 24.7 Å². The van der Waals surface area contributed by atoms with Crippen molar-refractivity contribution >= 4 is 0 Å². The monoisotopic (exact) mass is 222 g/mol. The van der Waals surface area contributed by atoms with Crippen molar-refractivity contribution in [3.05, 3.63) is 0 Å². The minimum Gasteiger partial charge on any atom is -0.310 e. The van der Waals surface area contributed by atoms with Crippen LogP contribution in [0.5, 0.6) is 0 Å². The van der Waals surface area contributed by atoms with Crippen molar-refractivity contribution in [1.82, 2.24) is 10.2 Å². The summed E-state index contributed by atoms with van der Waals surface area (Å²) < 4.78 is 0. The lowest BCUT2D eigenvalue weighted by molar-refractivity contribution is 0.242. The van der Waals surface area contributed by atoms with Gasteiger partial charge in [-0.15, -0.1) is 0 Å². The summed E-state index contributed by atoms with van der Waals surface area (Å²) in [5.41, 5.74) is 0. The van der Waals surface area contributed by atoms with Crippen molar-refractivity contribution in [3.63, 3.8) is 0 Å². The number of hydrogen-bond donors (Lipinski definition) is 1. The zero-order valence-corrected chi connectivity index (χ0v) is 10.6. The average molecular weight is 222 g/mol. The predicted octanol–water partition coefficient (Wildman–Crippen LogP) is 2.39. The molecule has 92 valence electrons. The molecule has 0 radical (unpaired) electrons. The third-order valence-corrected chi connectivity index (χ3v) is 5.02. The van der Waals surface area contributed by atoms with Gasteiger partial charge in [0.2, 0.25) is 0 Å². The highest BCUT2D eigenvalue weighted by molar-refractivity contribution is 4.96. The Hall–Kier alpha value is -0.0800. The summed E-state index contributed by atoms with van der Waals surface area (Å²) in [5, 5.41) is 3.91. The Morgan fingerprint density at radius 3 is 2.75 bits per heavy atom. The topological polar surface area (TPSA) is 15.3 Å². The highest BCUT2D eigenvalue weighted by Gasteiger charge is 2.37. The van der Waals surface area contributed by atoms with Gasteiger partial charge in [0.15, 0.2) is 0 Å². The predicted molar refractivity (Wildman–Crippen MR) is 67.6 cm³/mol. The van der Waals surface area contributed by atoms with E-state index in [1.165, 1.54) is 58.0 Å². The van der Waals surface area contributed by atoms with E-state index in [9.17, 15) is 0 Å². The molecule has 0 aromatic rings. The molecule has 2 nitrogen and oxygen atoms in total. The van der Waals surface area contributed by atoms with Crippen molar-refractivity contribution in [3.8, 4) is 0 Å². The molecule has 2 heterocycles. The molecule has 1 aliphatic carbocycles. The Kier molecular flexibility index (Phi) is 3.21. The lowest BCUT2D eigenvalue weighted by Gasteiger charge is -2.31. The van der Waals surface area contributed by atoms with Gasteiger partial charge >= 0.3 is 0 Å². The third-order valence-electron chi connectivity index (χ3n) is 5.02. The fraction of sp³-hybridized carbons (Fsp3) is 1.00. The second-order valence-electron chi connectivity index (χ2n) is 6.24. The van der Waals surface area contributed by atoms with E-state index >= 15 is 0 Å². The van der Waals surface area contributed by atoms with Crippen molar-refractivity contribution in [2.45, 2.75) is 70.0 Å². The molecule has 16 heavy (non-hydrogen) atoms. The molecule has 2 aliphatic heterocycles. The molecule has 3 unspecified atom stereocenters. The maximum atomic E-state index is 3.91. The highest BCUT2D eigenvalue weighted by Crippen LogP contribution is 2.32. The molecule has 3 fully saturated rings. The number of rotatable bonds is 4. The summed E-state index contributed by atoms with van der Waals surface area (Å²) in [7, 11) is 0. The van der Waals surface area contributed by atoms with Crippen molar-refractivity contribution in [1.29, 1.82) is 0 Å². The molecule has 3 aliphatic rings. The lowest BCUT2D eigenvalue weighted by Crippen LogP contribution is -2.44. The van der Waals surface area contributed by atoms with Gasteiger partial charge in [-0.3, -0.25) is 4.90 Å². The van der Waals surface area contributed by atoms with Gasteiger partial charge in [0.05, 0.1) is 0 Å². The second kappa shape index (κ2) is 4.66. The Morgan fingerprint density at radius 2 is 2.00 bits per heavy atom. The number of nitrogens with one attached hydrogen (secondary N) is 1. The van der Waals surface area contributed by atoms with E-state index in [4.69, 9.17) is 0 Å². The van der Waals surface area contributed by atoms with Crippen LogP contribution in [0.3, 0.4) is 0 Å². The molecule has 2 heteroatoms. The Morgan fingerprint density at radius 1 is 1.12 bits per heavy atom. The molecule has 0 aromatic heterocycles. The highest BCUT2D eigenvalue weighted by atomic mass is 15.2. The normalized spacial score (nSPS) is 37.3. The van der Waals surface area contributed by atoms with Crippen LogP contribution in [0.4, 0.5) is 0 Å². The van der Waals surface area contributed by atoms with E-state index in [2.05, 4.69) is 17.1 Å². The number of nitrogens with zero attached hydrogens (tertiary/aromatic N) is 1. The van der Waals surface area contributed by atoms with Crippen LogP contribution in [0.15, 0.2) is 0 Å². The molecule has 2 saturated heterocycles. The molecular formula is C14H26N2. The number of fused-ring (bicyclic) bond motifs is 1. The van der Waals surface area contributed by atoms with Gasteiger partial charge in [0.1, 0.15) is 0 Å².